The van der Waals surface area contributed by atoms with Crippen LogP contribution in [-0.2, 0) is 0 Å². The minimum atomic E-state index is 0.331. The second-order valence-electron chi connectivity index (χ2n) is 4.68. The molecule has 2 aliphatic heterocycles. The van der Waals surface area contributed by atoms with E-state index in [-0.39, 0.29) is 0 Å². The summed E-state index contributed by atoms with van der Waals surface area (Å²) in [6.45, 7) is 2.68. The van der Waals surface area contributed by atoms with E-state index in [4.69, 9.17) is 5.11 Å². The predicted molar refractivity (Wildman–Crippen MR) is 52.7 cm³/mol. The number of aliphatic hydroxyl groups excluding tert-OH is 1. The highest BCUT2D eigenvalue weighted by molar-refractivity contribution is 5.03. The lowest BCUT2D eigenvalue weighted by atomic mass is 9.91. The third kappa shape index (κ3) is 1.87. The number of nitrogens with one attached hydrogen (secondary N) is 1. The van der Waals surface area contributed by atoms with Crippen molar-refractivity contribution in [2.45, 2.75) is 37.3 Å². The van der Waals surface area contributed by atoms with Crippen molar-refractivity contribution in [1.82, 2.24) is 10.2 Å². The summed E-state index contributed by atoms with van der Waals surface area (Å²) < 4.78 is 0. The molecule has 2 heterocycles. The first-order chi connectivity index (χ1) is 6.24. The fraction of sp³-hybridized carbons (Fsp3) is 1.00. The fourth-order valence-electron chi connectivity index (χ4n) is 2.94. The fourth-order valence-corrected chi connectivity index (χ4v) is 2.94. The Morgan fingerprint density at radius 1 is 1.62 bits per heavy atom. The number of fused-ring (bicyclic) bond motifs is 2. The first-order valence-corrected chi connectivity index (χ1v) is 5.31. The molecule has 3 nitrogen and oxygen atoms in total. The van der Waals surface area contributed by atoms with Crippen molar-refractivity contribution < 1.29 is 5.11 Å². The molecule has 13 heavy (non-hydrogen) atoms. The Morgan fingerprint density at radius 3 is 3.23 bits per heavy atom. The average molecular weight is 184 g/mol. The minimum Gasteiger partial charge on any atom is -0.396 e. The van der Waals surface area contributed by atoms with Gasteiger partial charge in [0.2, 0.25) is 0 Å². The molecule has 2 rings (SSSR count). The molecule has 2 bridgehead atoms. The van der Waals surface area contributed by atoms with Gasteiger partial charge in [0.1, 0.15) is 0 Å². The molecule has 2 N–H and O–H groups in total. The van der Waals surface area contributed by atoms with Gasteiger partial charge in [0.05, 0.1) is 0 Å². The molecule has 76 valence electrons. The Labute approximate surface area is 80.1 Å². The van der Waals surface area contributed by atoms with E-state index < -0.39 is 0 Å². The number of hydrogen-bond donors (Lipinski definition) is 2. The Hall–Kier alpha value is -0.120. The van der Waals surface area contributed by atoms with Crippen LogP contribution >= 0.6 is 0 Å². The summed E-state index contributed by atoms with van der Waals surface area (Å²) in [7, 11) is 2.20. The van der Waals surface area contributed by atoms with Gasteiger partial charge in [-0.05, 0) is 32.7 Å². The second kappa shape index (κ2) is 3.56. The molecule has 0 amide bonds. The summed E-state index contributed by atoms with van der Waals surface area (Å²) in [5, 5.41) is 12.6. The SMILES string of the molecule is CN1CC2CCC(CCCO)(C1)N2. The van der Waals surface area contributed by atoms with Gasteiger partial charge in [-0.25, -0.2) is 0 Å². The van der Waals surface area contributed by atoms with Gasteiger partial charge >= 0.3 is 0 Å². The average Bonchev–Trinajstić information content (AvgIpc) is 2.40. The number of piperazine rings is 1. The summed E-state index contributed by atoms with van der Waals surface area (Å²) in [5.41, 5.74) is 0.334. The molecule has 0 aliphatic carbocycles. The molecule has 0 aromatic heterocycles. The van der Waals surface area contributed by atoms with Crippen molar-refractivity contribution in [3.8, 4) is 0 Å². The minimum absolute atomic E-state index is 0.331. The van der Waals surface area contributed by atoms with E-state index in [2.05, 4.69) is 17.3 Å². The van der Waals surface area contributed by atoms with E-state index in [1.807, 2.05) is 0 Å². The Kier molecular flexibility index (Phi) is 2.58. The molecule has 0 aromatic rings. The van der Waals surface area contributed by atoms with Crippen LogP contribution in [0.2, 0.25) is 0 Å². The summed E-state index contributed by atoms with van der Waals surface area (Å²) >= 11 is 0. The van der Waals surface area contributed by atoms with Crippen molar-refractivity contribution in [3.05, 3.63) is 0 Å². The van der Waals surface area contributed by atoms with Crippen LogP contribution in [0.4, 0.5) is 0 Å². The second-order valence-corrected chi connectivity index (χ2v) is 4.68. The maximum Gasteiger partial charge on any atom is 0.0431 e. The topological polar surface area (TPSA) is 35.5 Å². The number of likely N-dealkylation sites (tertiary alicyclic amines) is 1. The van der Waals surface area contributed by atoms with Crippen LogP contribution in [0.1, 0.15) is 25.7 Å². The number of likely N-dealkylation sites (N-methyl/N-ethyl adjacent to an activating group) is 1. The molecule has 3 heteroatoms. The standard InChI is InChI=1S/C10H20N2O/c1-12-7-9-3-5-10(8-12,11-9)4-2-6-13/h9,11,13H,2-8H2,1H3. The van der Waals surface area contributed by atoms with Gasteiger partial charge in [-0.3, -0.25) is 0 Å². The van der Waals surface area contributed by atoms with Crippen LogP contribution in [0.15, 0.2) is 0 Å². The molecule has 0 aromatic carbocycles. The molecule has 2 fully saturated rings. The van der Waals surface area contributed by atoms with E-state index in [1.165, 1.54) is 19.4 Å². The van der Waals surface area contributed by atoms with Crippen LogP contribution < -0.4 is 5.32 Å². The molecular formula is C10H20N2O. The van der Waals surface area contributed by atoms with E-state index in [0.29, 0.717) is 18.2 Å². The maximum atomic E-state index is 8.84. The van der Waals surface area contributed by atoms with E-state index in [9.17, 15) is 0 Å². The predicted octanol–water partition coefficient (Wildman–Crippen LogP) is 0.195. The zero-order chi connectivity index (χ0) is 9.31. The summed E-state index contributed by atoms with van der Waals surface area (Å²) in [5.74, 6) is 0. The number of aliphatic hydroxyl groups is 1. The van der Waals surface area contributed by atoms with Crippen molar-refractivity contribution in [1.29, 1.82) is 0 Å². The lowest BCUT2D eigenvalue weighted by Gasteiger charge is -2.39. The van der Waals surface area contributed by atoms with Crippen LogP contribution in [0, 0.1) is 0 Å². The Balaban J connectivity index is 1.96. The van der Waals surface area contributed by atoms with Crippen molar-refractivity contribution in [2.75, 3.05) is 26.7 Å². The van der Waals surface area contributed by atoms with Crippen molar-refractivity contribution in [3.63, 3.8) is 0 Å². The molecule has 0 spiro atoms. The van der Waals surface area contributed by atoms with Crippen LogP contribution in [0.3, 0.4) is 0 Å². The van der Waals surface area contributed by atoms with Gasteiger partial charge in [-0.1, -0.05) is 0 Å². The van der Waals surface area contributed by atoms with Gasteiger partial charge in [-0.2, -0.15) is 0 Å². The molecule has 2 aliphatic rings. The van der Waals surface area contributed by atoms with Gasteiger partial charge < -0.3 is 15.3 Å². The molecule has 2 unspecified atom stereocenters. The van der Waals surface area contributed by atoms with Gasteiger partial charge in [0.15, 0.2) is 0 Å². The highest BCUT2D eigenvalue weighted by Crippen LogP contribution is 2.32. The molecule has 0 saturated carbocycles. The van der Waals surface area contributed by atoms with Crippen LogP contribution in [-0.4, -0.2) is 48.3 Å². The largest absolute Gasteiger partial charge is 0.396 e. The number of nitrogens with zero attached hydrogens (tertiary/aromatic N) is 1. The van der Waals surface area contributed by atoms with Crippen LogP contribution in [0.25, 0.3) is 0 Å². The first-order valence-electron chi connectivity index (χ1n) is 5.31. The van der Waals surface area contributed by atoms with E-state index in [0.717, 1.165) is 19.4 Å². The zero-order valence-electron chi connectivity index (χ0n) is 8.42. The summed E-state index contributed by atoms with van der Waals surface area (Å²) in [6, 6.07) is 0.706. The summed E-state index contributed by atoms with van der Waals surface area (Å²) in [4.78, 5) is 2.42. The maximum absolute atomic E-state index is 8.84. The summed E-state index contributed by atoms with van der Waals surface area (Å²) in [6.07, 6.45) is 4.68. The number of hydrogen-bond acceptors (Lipinski definition) is 3. The lowest BCUT2D eigenvalue weighted by Crippen LogP contribution is -2.58. The number of rotatable bonds is 3. The first kappa shape index (κ1) is 9.44. The molecule has 0 radical (unpaired) electrons. The normalized spacial score (nSPS) is 39.7. The highest BCUT2D eigenvalue weighted by atomic mass is 16.2. The van der Waals surface area contributed by atoms with Crippen molar-refractivity contribution in [2.24, 2.45) is 0 Å². The molecular weight excluding hydrogens is 164 g/mol. The Morgan fingerprint density at radius 2 is 2.46 bits per heavy atom. The third-order valence-electron chi connectivity index (χ3n) is 3.40. The smallest absolute Gasteiger partial charge is 0.0431 e. The van der Waals surface area contributed by atoms with Crippen molar-refractivity contribution >= 4 is 0 Å². The lowest BCUT2D eigenvalue weighted by molar-refractivity contribution is 0.147. The monoisotopic (exact) mass is 184 g/mol. The van der Waals surface area contributed by atoms with Gasteiger partial charge in [-0.15, -0.1) is 0 Å². The quantitative estimate of drug-likeness (QED) is 0.657. The zero-order valence-corrected chi connectivity index (χ0v) is 8.42. The van der Waals surface area contributed by atoms with Gasteiger partial charge in [0.25, 0.3) is 0 Å². The Bertz CT molecular complexity index is 186. The third-order valence-corrected chi connectivity index (χ3v) is 3.40. The van der Waals surface area contributed by atoms with E-state index in [1.54, 1.807) is 0 Å². The van der Waals surface area contributed by atoms with Crippen LogP contribution in [0.5, 0.6) is 0 Å². The van der Waals surface area contributed by atoms with Gasteiger partial charge in [0, 0.05) is 31.3 Å². The highest BCUT2D eigenvalue weighted by Gasteiger charge is 2.42. The van der Waals surface area contributed by atoms with E-state index >= 15 is 0 Å². The molecule has 2 saturated heterocycles. The molecule has 2 atom stereocenters.